The lowest BCUT2D eigenvalue weighted by atomic mass is 10.1. The first-order valence-corrected chi connectivity index (χ1v) is 6.52. The molecule has 8 nitrogen and oxygen atoms in total. The highest BCUT2D eigenvalue weighted by atomic mass is 16.6. The average molecular weight is 304 g/mol. The number of nitro benzene ring substituents is 1. The molecule has 0 saturated heterocycles. The molecular formula is C14H16N4O4. The van der Waals surface area contributed by atoms with E-state index in [9.17, 15) is 14.9 Å². The van der Waals surface area contributed by atoms with E-state index in [0.29, 0.717) is 0 Å². The zero-order valence-electron chi connectivity index (χ0n) is 12.5. The number of nitrogens with zero attached hydrogens (tertiary/aromatic N) is 3. The number of carbonyl (C=O) groups excluding carboxylic acids is 1. The normalized spacial score (nSPS) is 10.3. The summed E-state index contributed by atoms with van der Waals surface area (Å²) >= 11 is 0. The van der Waals surface area contributed by atoms with Crippen LogP contribution in [0.5, 0.6) is 5.75 Å². The van der Waals surface area contributed by atoms with Gasteiger partial charge in [-0.3, -0.25) is 19.6 Å². The molecule has 0 radical (unpaired) electrons. The minimum Gasteiger partial charge on any atom is -0.490 e. The summed E-state index contributed by atoms with van der Waals surface area (Å²) in [5, 5.41) is 17.9. The molecule has 1 amide bonds. The molecule has 0 aliphatic heterocycles. The van der Waals surface area contributed by atoms with Gasteiger partial charge in [-0.15, -0.1) is 0 Å². The van der Waals surface area contributed by atoms with Crippen LogP contribution in [0.25, 0.3) is 0 Å². The van der Waals surface area contributed by atoms with Gasteiger partial charge < -0.3 is 10.1 Å². The zero-order valence-corrected chi connectivity index (χ0v) is 12.5. The van der Waals surface area contributed by atoms with E-state index in [4.69, 9.17) is 4.74 Å². The predicted molar refractivity (Wildman–Crippen MR) is 78.8 cm³/mol. The number of rotatable bonds is 5. The average Bonchev–Trinajstić information content (AvgIpc) is 2.81. The Morgan fingerprint density at radius 2 is 2.18 bits per heavy atom. The van der Waals surface area contributed by atoms with Gasteiger partial charge in [0.05, 0.1) is 30.0 Å². The third-order valence-electron chi connectivity index (χ3n) is 3.17. The topological polar surface area (TPSA) is 99.3 Å². The van der Waals surface area contributed by atoms with Crippen LogP contribution in [-0.4, -0.2) is 27.7 Å². The fourth-order valence-electron chi connectivity index (χ4n) is 2.08. The third-order valence-corrected chi connectivity index (χ3v) is 3.17. The molecule has 2 rings (SSSR count). The molecule has 0 unspecified atom stereocenters. The summed E-state index contributed by atoms with van der Waals surface area (Å²) in [6.45, 7) is 2.15. The number of hydrogen-bond acceptors (Lipinski definition) is 5. The Balaban J connectivity index is 2.14. The van der Waals surface area contributed by atoms with Crippen molar-refractivity contribution in [3.8, 4) is 5.75 Å². The van der Waals surface area contributed by atoms with Crippen molar-refractivity contribution in [2.24, 2.45) is 7.05 Å². The maximum Gasteiger partial charge on any atom is 0.311 e. The van der Waals surface area contributed by atoms with Gasteiger partial charge in [-0.25, -0.2) is 0 Å². The molecule has 1 aromatic heterocycles. The van der Waals surface area contributed by atoms with Crippen molar-refractivity contribution in [1.29, 1.82) is 0 Å². The number of amides is 1. The molecule has 0 fully saturated rings. The van der Waals surface area contributed by atoms with Crippen molar-refractivity contribution in [1.82, 2.24) is 15.1 Å². The Labute approximate surface area is 126 Å². The molecule has 8 heteroatoms. The Kier molecular flexibility index (Phi) is 4.40. The van der Waals surface area contributed by atoms with Crippen LogP contribution in [-0.2, 0) is 13.6 Å². The quantitative estimate of drug-likeness (QED) is 0.667. The van der Waals surface area contributed by atoms with Gasteiger partial charge in [0.15, 0.2) is 5.75 Å². The molecule has 0 spiro atoms. The lowest BCUT2D eigenvalue weighted by Gasteiger charge is -2.07. The number of carbonyl (C=O) groups is 1. The van der Waals surface area contributed by atoms with E-state index in [2.05, 4.69) is 10.4 Å². The van der Waals surface area contributed by atoms with E-state index in [0.717, 1.165) is 11.4 Å². The second-order valence-electron chi connectivity index (χ2n) is 4.73. The highest BCUT2D eigenvalue weighted by Gasteiger charge is 2.18. The second kappa shape index (κ2) is 6.25. The summed E-state index contributed by atoms with van der Waals surface area (Å²) in [4.78, 5) is 22.5. The number of ether oxygens (including phenoxy) is 1. The monoisotopic (exact) mass is 304 g/mol. The van der Waals surface area contributed by atoms with E-state index < -0.39 is 10.8 Å². The van der Waals surface area contributed by atoms with Crippen molar-refractivity contribution in [3.05, 3.63) is 51.3 Å². The highest BCUT2D eigenvalue weighted by Crippen LogP contribution is 2.27. The lowest BCUT2D eigenvalue weighted by molar-refractivity contribution is -0.385. The van der Waals surface area contributed by atoms with Crippen LogP contribution in [0.3, 0.4) is 0 Å². The van der Waals surface area contributed by atoms with Crippen molar-refractivity contribution in [2.45, 2.75) is 13.5 Å². The van der Waals surface area contributed by atoms with E-state index in [-0.39, 0.29) is 23.5 Å². The van der Waals surface area contributed by atoms with Crippen LogP contribution in [0.1, 0.15) is 21.7 Å². The largest absolute Gasteiger partial charge is 0.490 e. The summed E-state index contributed by atoms with van der Waals surface area (Å²) in [5.41, 5.74) is 1.65. The van der Waals surface area contributed by atoms with Crippen LogP contribution < -0.4 is 10.1 Å². The SMILES string of the molecule is COc1ccc(C(=O)NCc2cc(C)nn2C)cc1[N+](=O)[O-]. The Morgan fingerprint density at radius 3 is 2.73 bits per heavy atom. The van der Waals surface area contributed by atoms with Gasteiger partial charge in [0.2, 0.25) is 0 Å². The number of nitro groups is 1. The molecule has 2 aromatic rings. The van der Waals surface area contributed by atoms with Crippen LogP contribution in [0.15, 0.2) is 24.3 Å². The summed E-state index contributed by atoms with van der Waals surface area (Å²) in [7, 11) is 3.12. The van der Waals surface area contributed by atoms with Crippen LogP contribution >= 0.6 is 0 Å². The molecule has 0 aliphatic carbocycles. The van der Waals surface area contributed by atoms with Gasteiger partial charge >= 0.3 is 5.69 Å². The maximum absolute atomic E-state index is 12.1. The number of aromatic nitrogens is 2. The molecule has 22 heavy (non-hydrogen) atoms. The van der Waals surface area contributed by atoms with E-state index in [1.54, 1.807) is 11.7 Å². The molecule has 1 heterocycles. The van der Waals surface area contributed by atoms with Gasteiger partial charge in [-0.05, 0) is 25.1 Å². The Hall–Kier alpha value is -2.90. The molecular weight excluding hydrogens is 288 g/mol. The molecule has 0 bridgehead atoms. The third kappa shape index (κ3) is 3.22. The number of nitrogens with one attached hydrogen (secondary N) is 1. The maximum atomic E-state index is 12.1. The van der Waals surface area contributed by atoms with Crippen molar-refractivity contribution < 1.29 is 14.5 Å². The molecule has 1 aromatic carbocycles. The zero-order chi connectivity index (χ0) is 16.3. The van der Waals surface area contributed by atoms with Crippen LogP contribution in [0.4, 0.5) is 5.69 Å². The number of benzene rings is 1. The molecule has 0 saturated carbocycles. The fourth-order valence-corrected chi connectivity index (χ4v) is 2.08. The first kappa shape index (κ1) is 15.5. The highest BCUT2D eigenvalue weighted by molar-refractivity contribution is 5.95. The molecule has 0 aliphatic rings. The lowest BCUT2D eigenvalue weighted by Crippen LogP contribution is -2.24. The van der Waals surface area contributed by atoms with Gasteiger partial charge in [0.1, 0.15) is 0 Å². The van der Waals surface area contributed by atoms with Gasteiger partial charge in [-0.2, -0.15) is 5.10 Å². The Morgan fingerprint density at radius 1 is 1.45 bits per heavy atom. The van der Waals surface area contributed by atoms with Crippen LogP contribution in [0, 0.1) is 17.0 Å². The molecule has 116 valence electrons. The van der Waals surface area contributed by atoms with Crippen molar-refractivity contribution in [2.75, 3.05) is 7.11 Å². The fraction of sp³-hybridized carbons (Fsp3) is 0.286. The first-order valence-electron chi connectivity index (χ1n) is 6.52. The number of methoxy groups -OCH3 is 1. The summed E-state index contributed by atoms with van der Waals surface area (Å²) in [6, 6.07) is 5.94. The standard InChI is InChI=1S/C14H16N4O4/c1-9-6-11(17(2)16-9)8-15-14(19)10-4-5-13(22-3)12(7-10)18(20)21/h4-7H,8H2,1-3H3,(H,15,19). The molecule has 1 N–H and O–H groups in total. The minimum atomic E-state index is -0.583. The summed E-state index contributed by atoms with van der Waals surface area (Å²) < 4.78 is 6.58. The van der Waals surface area contributed by atoms with E-state index in [1.165, 1.54) is 25.3 Å². The van der Waals surface area contributed by atoms with Crippen molar-refractivity contribution in [3.63, 3.8) is 0 Å². The van der Waals surface area contributed by atoms with E-state index in [1.807, 2.05) is 13.0 Å². The number of aryl methyl sites for hydroxylation is 2. The number of hydrogen-bond donors (Lipinski definition) is 1. The second-order valence-corrected chi connectivity index (χ2v) is 4.73. The smallest absolute Gasteiger partial charge is 0.311 e. The van der Waals surface area contributed by atoms with E-state index >= 15 is 0 Å². The molecule has 0 atom stereocenters. The van der Waals surface area contributed by atoms with Gasteiger partial charge in [0, 0.05) is 18.7 Å². The van der Waals surface area contributed by atoms with Crippen molar-refractivity contribution >= 4 is 11.6 Å². The summed E-state index contributed by atoms with van der Waals surface area (Å²) in [5.74, 6) is -0.284. The van der Waals surface area contributed by atoms with Crippen LogP contribution in [0.2, 0.25) is 0 Å². The Bertz CT molecular complexity index is 724. The summed E-state index contributed by atoms with van der Waals surface area (Å²) in [6.07, 6.45) is 0. The first-order chi connectivity index (χ1) is 10.4. The minimum absolute atomic E-state index is 0.115. The predicted octanol–water partition coefficient (Wildman–Crippen LogP) is 1.58. The van der Waals surface area contributed by atoms with Gasteiger partial charge in [0.25, 0.3) is 5.91 Å². The van der Waals surface area contributed by atoms with Gasteiger partial charge in [-0.1, -0.05) is 0 Å².